The van der Waals surface area contributed by atoms with Crippen LogP contribution in [0.2, 0.25) is 0 Å². The van der Waals surface area contributed by atoms with Gasteiger partial charge in [0, 0.05) is 30.5 Å². The van der Waals surface area contributed by atoms with Gasteiger partial charge in [0.25, 0.3) is 5.56 Å². The van der Waals surface area contributed by atoms with E-state index >= 15 is 0 Å². The number of aryl methyl sites for hydroxylation is 2. The quantitative estimate of drug-likeness (QED) is 0.866. The minimum absolute atomic E-state index is 0.217. The summed E-state index contributed by atoms with van der Waals surface area (Å²) in [6.45, 7) is 7.80. The third kappa shape index (κ3) is 3.64. The number of hydrogen-bond acceptors (Lipinski definition) is 4. The first kappa shape index (κ1) is 18.2. The summed E-state index contributed by atoms with van der Waals surface area (Å²) in [6, 6.07) is 8.72. The lowest BCUT2D eigenvalue weighted by molar-refractivity contribution is -0.119. The Balaban J connectivity index is 1.73. The molecular weight excluding hydrogens is 328 g/mol. The molecule has 6 heteroatoms. The van der Waals surface area contributed by atoms with E-state index in [-0.39, 0.29) is 11.5 Å². The van der Waals surface area contributed by atoms with Crippen LogP contribution in [-0.2, 0) is 17.6 Å². The Morgan fingerprint density at radius 2 is 1.92 bits per heavy atom. The lowest BCUT2D eigenvalue weighted by Gasteiger charge is -2.21. The maximum Gasteiger partial charge on any atom is 0.267 e. The van der Waals surface area contributed by atoms with Gasteiger partial charge in [-0.25, -0.2) is 4.68 Å². The molecule has 1 heterocycles. The average Bonchev–Trinajstić information content (AvgIpc) is 3.10. The zero-order valence-corrected chi connectivity index (χ0v) is 15.7. The molecule has 6 nitrogen and oxygen atoms in total. The maximum atomic E-state index is 12.6. The molecule has 0 aliphatic heterocycles. The lowest BCUT2D eigenvalue weighted by Crippen LogP contribution is -2.34. The maximum absolute atomic E-state index is 12.6. The highest BCUT2D eigenvalue weighted by atomic mass is 16.2. The van der Waals surface area contributed by atoms with Crippen molar-refractivity contribution in [2.75, 3.05) is 23.3 Å². The molecule has 1 N–H and O–H groups in total. The molecule has 1 unspecified atom stereocenters. The number of carbonyl (C=O) groups is 1. The number of nitrogens with one attached hydrogen (secondary N) is 1. The van der Waals surface area contributed by atoms with Crippen LogP contribution in [0.4, 0.5) is 11.4 Å². The van der Waals surface area contributed by atoms with Crippen LogP contribution in [0.5, 0.6) is 0 Å². The third-order valence-corrected chi connectivity index (χ3v) is 4.99. The molecule has 1 aliphatic rings. The van der Waals surface area contributed by atoms with Crippen molar-refractivity contribution in [3.63, 3.8) is 0 Å². The number of anilines is 2. The molecule has 0 spiro atoms. The highest BCUT2D eigenvalue weighted by Crippen LogP contribution is 2.20. The largest absolute Gasteiger partial charge is 0.372 e. The predicted molar refractivity (Wildman–Crippen MR) is 104 cm³/mol. The van der Waals surface area contributed by atoms with Crippen LogP contribution in [0, 0.1) is 0 Å². The summed E-state index contributed by atoms with van der Waals surface area (Å²) in [5.41, 5.74) is 3.58. The molecule has 2 aromatic rings. The van der Waals surface area contributed by atoms with Crippen molar-refractivity contribution in [3.05, 3.63) is 51.9 Å². The number of fused-ring (bicyclic) bond motifs is 1. The smallest absolute Gasteiger partial charge is 0.267 e. The van der Waals surface area contributed by atoms with E-state index in [1.54, 1.807) is 13.0 Å². The van der Waals surface area contributed by atoms with E-state index in [2.05, 4.69) is 29.2 Å². The first-order valence-corrected chi connectivity index (χ1v) is 9.31. The highest BCUT2D eigenvalue weighted by molar-refractivity contribution is 5.93. The number of rotatable bonds is 6. The van der Waals surface area contributed by atoms with Gasteiger partial charge in [0.15, 0.2) is 0 Å². The molecule has 26 heavy (non-hydrogen) atoms. The summed E-state index contributed by atoms with van der Waals surface area (Å²) in [6.07, 6.45) is 2.79. The molecule has 138 valence electrons. The van der Waals surface area contributed by atoms with E-state index in [0.717, 1.165) is 49.3 Å². The number of carbonyl (C=O) groups excluding carboxylic acids is 1. The molecular formula is C20H26N4O2. The fourth-order valence-electron chi connectivity index (χ4n) is 3.39. The second-order valence-corrected chi connectivity index (χ2v) is 6.64. The molecule has 1 amide bonds. The van der Waals surface area contributed by atoms with Crippen LogP contribution < -0.4 is 15.8 Å². The third-order valence-electron chi connectivity index (χ3n) is 4.99. The fraction of sp³-hybridized carbons (Fsp3) is 0.450. The number of hydrogen-bond donors (Lipinski definition) is 1. The Hall–Kier alpha value is -2.63. The van der Waals surface area contributed by atoms with Crippen LogP contribution in [0.15, 0.2) is 35.1 Å². The first-order chi connectivity index (χ1) is 12.5. The van der Waals surface area contributed by atoms with E-state index in [4.69, 9.17) is 0 Å². The molecule has 1 aromatic carbocycles. The van der Waals surface area contributed by atoms with E-state index in [1.165, 1.54) is 4.68 Å². The van der Waals surface area contributed by atoms with E-state index < -0.39 is 6.04 Å². The number of nitrogens with zero attached hydrogens (tertiary/aromatic N) is 3. The van der Waals surface area contributed by atoms with Gasteiger partial charge < -0.3 is 10.2 Å². The molecule has 0 bridgehead atoms. The molecule has 1 aromatic heterocycles. The normalized spacial score (nSPS) is 14.0. The van der Waals surface area contributed by atoms with Gasteiger partial charge in [-0.3, -0.25) is 9.59 Å². The van der Waals surface area contributed by atoms with Gasteiger partial charge in [0.05, 0.1) is 5.69 Å². The van der Waals surface area contributed by atoms with Crippen molar-refractivity contribution in [2.45, 2.75) is 46.1 Å². The lowest BCUT2D eigenvalue weighted by atomic mass is 10.2. The number of amides is 1. The van der Waals surface area contributed by atoms with E-state index in [1.807, 2.05) is 24.3 Å². The van der Waals surface area contributed by atoms with Crippen molar-refractivity contribution < 1.29 is 4.79 Å². The minimum Gasteiger partial charge on any atom is -0.372 e. The van der Waals surface area contributed by atoms with Crippen LogP contribution >= 0.6 is 0 Å². The van der Waals surface area contributed by atoms with E-state index in [0.29, 0.717) is 5.69 Å². The summed E-state index contributed by atoms with van der Waals surface area (Å²) in [5, 5.41) is 7.29. The van der Waals surface area contributed by atoms with Crippen LogP contribution in [0.25, 0.3) is 0 Å². The minimum atomic E-state index is -0.657. The summed E-state index contributed by atoms with van der Waals surface area (Å²) in [5.74, 6) is -0.242. The Bertz CT molecular complexity index is 838. The summed E-state index contributed by atoms with van der Waals surface area (Å²) < 4.78 is 1.30. The van der Waals surface area contributed by atoms with Crippen molar-refractivity contribution in [1.29, 1.82) is 0 Å². The second kappa shape index (κ2) is 7.72. The zero-order valence-electron chi connectivity index (χ0n) is 15.7. The van der Waals surface area contributed by atoms with Gasteiger partial charge in [-0.2, -0.15) is 5.10 Å². The van der Waals surface area contributed by atoms with Gasteiger partial charge in [-0.15, -0.1) is 0 Å². The van der Waals surface area contributed by atoms with Crippen LogP contribution in [0.1, 0.15) is 44.5 Å². The molecule has 1 atom stereocenters. The molecule has 0 radical (unpaired) electrons. The number of aromatic nitrogens is 2. The topological polar surface area (TPSA) is 67.2 Å². The average molecular weight is 354 g/mol. The van der Waals surface area contributed by atoms with Crippen LogP contribution in [0.3, 0.4) is 0 Å². The summed E-state index contributed by atoms with van der Waals surface area (Å²) >= 11 is 0. The summed E-state index contributed by atoms with van der Waals surface area (Å²) in [7, 11) is 0. The molecule has 0 saturated carbocycles. The van der Waals surface area contributed by atoms with Gasteiger partial charge in [0.2, 0.25) is 5.91 Å². The van der Waals surface area contributed by atoms with Crippen molar-refractivity contribution in [3.8, 4) is 0 Å². The Morgan fingerprint density at radius 3 is 2.58 bits per heavy atom. The second-order valence-electron chi connectivity index (χ2n) is 6.64. The van der Waals surface area contributed by atoms with E-state index in [9.17, 15) is 9.59 Å². The van der Waals surface area contributed by atoms with Crippen molar-refractivity contribution in [2.24, 2.45) is 0 Å². The zero-order chi connectivity index (χ0) is 18.7. The molecule has 3 rings (SSSR count). The van der Waals surface area contributed by atoms with Gasteiger partial charge in [-0.05, 0) is 69.9 Å². The molecule has 0 saturated heterocycles. The van der Waals surface area contributed by atoms with Crippen molar-refractivity contribution >= 4 is 17.3 Å². The molecule has 0 fully saturated rings. The molecule has 1 aliphatic carbocycles. The first-order valence-electron chi connectivity index (χ1n) is 9.31. The van der Waals surface area contributed by atoms with Gasteiger partial charge >= 0.3 is 0 Å². The standard InChI is InChI=1S/C20H26N4O2/c1-4-23(5-2)17-11-9-16(10-12-17)21-20(26)14(3)24-19(25)13-15-7-6-8-18(15)22-24/h9-14H,4-8H2,1-3H3,(H,21,26). The highest BCUT2D eigenvalue weighted by Gasteiger charge is 2.21. The van der Waals surface area contributed by atoms with Crippen molar-refractivity contribution in [1.82, 2.24) is 9.78 Å². The Labute approximate surface area is 153 Å². The van der Waals surface area contributed by atoms with Crippen LogP contribution in [-0.4, -0.2) is 28.8 Å². The fourth-order valence-corrected chi connectivity index (χ4v) is 3.39. The van der Waals surface area contributed by atoms with Gasteiger partial charge in [-0.1, -0.05) is 0 Å². The SMILES string of the molecule is CCN(CC)c1ccc(NC(=O)C(C)n2nc3c(cc2=O)CCC3)cc1. The monoisotopic (exact) mass is 354 g/mol. The predicted octanol–water partition coefficient (Wildman–Crippen LogP) is 2.78. The number of benzene rings is 1. The van der Waals surface area contributed by atoms with Gasteiger partial charge in [0.1, 0.15) is 6.04 Å². The summed E-state index contributed by atoms with van der Waals surface area (Å²) in [4.78, 5) is 27.1. The Morgan fingerprint density at radius 1 is 1.23 bits per heavy atom. The Kier molecular flexibility index (Phi) is 5.40.